The first kappa shape index (κ1) is 19.2. The Balaban J connectivity index is 3.25. The average molecular weight is 330 g/mol. The van der Waals surface area contributed by atoms with Crippen LogP contribution >= 0.6 is 0 Å². The second kappa shape index (κ2) is 9.29. The number of carbonyl (C=O) groups excluding carboxylic acids is 2. The van der Waals surface area contributed by atoms with E-state index in [1.54, 1.807) is 56.3 Å². The van der Waals surface area contributed by atoms with Crippen LogP contribution < -0.4 is 0 Å². The maximum Gasteiger partial charge on any atom is 0.358 e. The molecule has 0 amide bonds. The molecule has 24 heavy (non-hydrogen) atoms. The lowest BCUT2D eigenvalue weighted by Gasteiger charge is -2.08. The summed E-state index contributed by atoms with van der Waals surface area (Å²) in [6.07, 6.45) is 2.66. The van der Waals surface area contributed by atoms with Crippen LogP contribution in [0, 0.1) is 0 Å². The Morgan fingerprint density at radius 1 is 1.25 bits per heavy atom. The van der Waals surface area contributed by atoms with Crippen LogP contribution in [-0.2, 0) is 14.3 Å². The lowest BCUT2D eigenvalue weighted by atomic mass is 10.1. The average Bonchev–Trinajstić information content (AvgIpc) is 2.54. The van der Waals surface area contributed by atoms with E-state index in [0.717, 1.165) is 0 Å². The quantitative estimate of drug-likeness (QED) is 0.360. The van der Waals surface area contributed by atoms with Crippen molar-refractivity contribution < 1.29 is 19.4 Å². The van der Waals surface area contributed by atoms with Crippen molar-refractivity contribution in [3.8, 4) is 0 Å². The molecule has 0 fully saturated rings. The Hall–Kier alpha value is -2.89. The number of carbonyl (C=O) groups is 2. The number of esters is 1. The fourth-order valence-corrected chi connectivity index (χ4v) is 1.79. The number of aliphatic hydroxyl groups is 1. The topological polar surface area (TPSA) is 79.2 Å². The molecule has 1 aromatic carbocycles. The summed E-state index contributed by atoms with van der Waals surface area (Å²) in [4.78, 5) is 29.4. The van der Waals surface area contributed by atoms with E-state index in [1.165, 1.54) is 19.3 Å². The van der Waals surface area contributed by atoms with Gasteiger partial charge in [0, 0.05) is 32.1 Å². The largest absolute Gasteiger partial charge is 0.507 e. The van der Waals surface area contributed by atoms with Crippen LogP contribution in [0.25, 0.3) is 5.76 Å². The van der Waals surface area contributed by atoms with Gasteiger partial charge < -0.3 is 14.7 Å². The van der Waals surface area contributed by atoms with Gasteiger partial charge in [-0.1, -0.05) is 30.3 Å². The van der Waals surface area contributed by atoms with Crippen molar-refractivity contribution >= 4 is 23.7 Å². The summed E-state index contributed by atoms with van der Waals surface area (Å²) in [5.74, 6) is -1.17. The lowest BCUT2D eigenvalue weighted by Crippen LogP contribution is -2.12. The maximum atomic E-state index is 11.9. The second-order valence-electron chi connectivity index (χ2n) is 5.14. The number of benzene rings is 1. The molecular formula is C18H22N2O4. The number of hydrogen-bond acceptors (Lipinski definition) is 6. The molecule has 0 spiro atoms. The van der Waals surface area contributed by atoms with Gasteiger partial charge in [-0.05, 0) is 13.8 Å². The molecule has 0 heterocycles. The van der Waals surface area contributed by atoms with Crippen LogP contribution in [0.4, 0.5) is 0 Å². The van der Waals surface area contributed by atoms with Crippen molar-refractivity contribution in [2.24, 2.45) is 4.99 Å². The molecule has 0 saturated heterocycles. The number of Topliss-reactive ketones (excluding diaryl/α,β-unsaturated/α-hetero) is 1. The van der Waals surface area contributed by atoms with Crippen LogP contribution in [0.15, 0.2) is 52.8 Å². The molecule has 0 aromatic heterocycles. The van der Waals surface area contributed by atoms with E-state index in [0.29, 0.717) is 5.56 Å². The molecule has 0 saturated carbocycles. The van der Waals surface area contributed by atoms with E-state index < -0.39 is 5.97 Å². The van der Waals surface area contributed by atoms with Gasteiger partial charge in [0.15, 0.2) is 11.5 Å². The number of allylic oxidation sites excluding steroid dienone is 1. The van der Waals surface area contributed by atoms with Gasteiger partial charge in [0.25, 0.3) is 0 Å². The molecule has 128 valence electrons. The highest BCUT2D eigenvalue weighted by molar-refractivity contribution is 6.17. The maximum absolute atomic E-state index is 11.9. The lowest BCUT2D eigenvalue weighted by molar-refractivity contribution is -0.138. The minimum atomic E-state index is -0.607. The Labute approximate surface area is 141 Å². The van der Waals surface area contributed by atoms with Crippen molar-refractivity contribution in [1.29, 1.82) is 0 Å². The Morgan fingerprint density at radius 2 is 1.88 bits per heavy atom. The van der Waals surface area contributed by atoms with Gasteiger partial charge >= 0.3 is 5.97 Å². The van der Waals surface area contributed by atoms with Crippen LogP contribution in [0.5, 0.6) is 0 Å². The molecule has 0 unspecified atom stereocenters. The van der Waals surface area contributed by atoms with Crippen LogP contribution in [0.2, 0.25) is 0 Å². The SMILES string of the molecule is CCOC(=O)C(=C/N(C)C)/N=C/C(C(C)=O)=C(\O)c1ccccc1. The molecule has 0 aliphatic heterocycles. The number of rotatable bonds is 7. The number of ketones is 1. The van der Waals surface area contributed by atoms with Gasteiger partial charge in [-0.2, -0.15) is 0 Å². The molecule has 0 bridgehead atoms. The summed E-state index contributed by atoms with van der Waals surface area (Å²) < 4.78 is 4.93. The summed E-state index contributed by atoms with van der Waals surface area (Å²) in [6.45, 7) is 3.22. The van der Waals surface area contributed by atoms with Gasteiger partial charge in [-0.15, -0.1) is 0 Å². The zero-order valence-corrected chi connectivity index (χ0v) is 14.3. The third-order valence-electron chi connectivity index (χ3n) is 2.88. The van der Waals surface area contributed by atoms with Gasteiger partial charge in [-0.3, -0.25) is 4.79 Å². The van der Waals surface area contributed by atoms with Crippen molar-refractivity contribution in [2.75, 3.05) is 20.7 Å². The minimum Gasteiger partial charge on any atom is -0.507 e. The predicted molar refractivity (Wildman–Crippen MR) is 93.6 cm³/mol. The summed E-state index contributed by atoms with van der Waals surface area (Å²) in [5.41, 5.74) is 0.528. The molecular weight excluding hydrogens is 308 g/mol. The number of hydrogen-bond donors (Lipinski definition) is 1. The molecule has 6 heteroatoms. The smallest absolute Gasteiger partial charge is 0.358 e. The number of aliphatic imine (C=N–C) groups is 1. The molecule has 0 aliphatic rings. The zero-order chi connectivity index (χ0) is 18.1. The summed E-state index contributed by atoms with van der Waals surface area (Å²) >= 11 is 0. The molecule has 6 nitrogen and oxygen atoms in total. The third-order valence-corrected chi connectivity index (χ3v) is 2.88. The normalized spacial score (nSPS) is 12.8. The Bertz CT molecular complexity index is 674. The second-order valence-corrected chi connectivity index (χ2v) is 5.14. The third kappa shape index (κ3) is 5.72. The van der Waals surface area contributed by atoms with Gasteiger partial charge in [-0.25, -0.2) is 9.79 Å². The zero-order valence-electron chi connectivity index (χ0n) is 14.3. The van der Waals surface area contributed by atoms with E-state index in [9.17, 15) is 14.7 Å². The molecule has 0 aliphatic carbocycles. The predicted octanol–water partition coefficient (Wildman–Crippen LogP) is 2.58. The summed E-state index contributed by atoms with van der Waals surface area (Å²) in [5, 5.41) is 10.3. The summed E-state index contributed by atoms with van der Waals surface area (Å²) in [7, 11) is 3.47. The minimum absolute atomic E-state index is 0.00940. The Morgan fingerprint density at radius 3 is 2.38 bits per heavy atom. The highest BCUT2D eigenvalue weighted by Crippen LogP contribution is 2.16. The van der Waals surface area contributed by atoms with Gasteiger partial charge in [0.2, 0.25) is 0 Å². The molecule has 1 rings (SSSR count). The van der Waals surface area contributed by atoms with Crippen molar-refractivity contribution in [3.05, 3.63) is 53.4 Å². The Kier molecular flexibility index (Phi) is 7.42. The molecule has 1 aromatic rings. The number of ether oxygens (including phenoxy) is 1. The summed E-state index contributed by atoms with van der Waals surface area (Å²) in [6, 6.07) is 8.64. The highest BCUT2D eigenvalue weighted by Gasteiger charge is 2.13. The fourth-order valence-electron chi connectivity index (χ4n) is 1.79. The van der Waals surface area contributed by atoms with Crippen LogP contribution in [0.1, 0.15) is 19.4 Å². The first-order chi connectivity index (χ1) is 11.4. The van der Waals surface area contributed by atoms with E-state index in [-0.39, 0.29) is 29.4 Å². The van der Waals surface area contributed by atoms with E-state index in [4.69, 9.17) is 4.74 Å². The number of nitrogens with zero attached hydrogens (tertiary/aromatic N) is 2. The van der Waals surface area contributed by atoms with E-state index >= 15 is 0 Å². The standard InChI is InChI=1S/C18H22N2O4/c1-5-24-18(23)16(12-20(3)4)19-11-15(13(2)21)17(22)14-9-7-6-8-10-14/h6-12,22H,5H2,1-4H3/b16-12-,17-15+,19-11+. The van der Waals surface area contributed by atoms with E-state index in [1.807, 2.05) is 0 Å². The molecule has 0 atom stereocenters. The van der Waals surface area contributed by atoms with Gasteiger partial charge in [0.1, 0.15) is 5.76 Å². The fraction of sp³-hybridized carbons (Fsp3) is 0.278. The van der Waals surface area contributed by atoms with E-state index in [2.05, 4.69) is 4.99 Å². The van der Waals surface area contributed by atoms with Crippen molar-refractivity contribution in [3.63, 3.8) is 0 Å². The van der Waals surface area contributed by atoms with Crippen molar-refractivity contribution in [2.45, 2.75) is 13.8 Å². The van der Waals surface area contributed by atoms with Crippen molar-refractivity contribution in [1.82, 2.24) is 4.90 Å². The first-order valence-corrected chi connectivity index (χ1v) is 7.45. The highest BCUT2D eigenvalue weighted by atomic mass is 16.5. The molecule has 0 radical (unpaired) electrons. The monoisotopic (exact) mass is 330 g/mol. The van der Waals surface area contributed by atoms with Crippen LogP contribution in [-0.4, -0.2) is 48.7 Å². The van der Waals surface area contributed by atoms with Crippen LogP contribution in [0.3, 0.4) is 0 Å². The van der Waals surface area contributed by atoms with Gasteiger partial charge in [0.05, 0.1) is 12.2 Å². The molecule has 1 N–H and O–H groups in total. The first-order valence-electron chi connectivity index (χ1n) is 7.45. The number of aliphatic hydroxyl groups excluding tert-OH is 1.